The Balaban J connectivity index is 1.81. The van der Waals surface area contributed by atoms with Gasteiger partial charge in [0.25, 0.3) is 5.91 Å². The Kier molecular flexibility index (Phi) is 5.12. The van der Waals surface area contributed by atoms with E-state index in [1.165, 1.54) is 19.8 Å². The van der Waals surface area contributed by atoms with Crippen LogP contribution in [0.15, 0.2) is 24.3 Å². The zero-order valence-electron chi connectivity index (χ0n) is 11.6. The van der Waals surface area contributed by atoms with Gasteiger partial charge in [0.2, 0.25) is 5.91 Å². The molecule has 0 radical (unpaired) electrons. The average Bonchev–Trinajstić information content (AvgIpc) is 2.96. The molecule has 1 aromatic rings. The Morgan fingerprint density at radius 1 is 1.20 bits per heavy atom. The second-order valence-corrected chi connectivity index (χ2v) is 5.06. The molecule has 108 valence electrons. The number of benzene rings is 1. The summed E-state index contributed by atoms with van der Waals surface area (Å²) in [6, 6.07) is 7.09. The van der Waals surface area contributed by atoms with Crippen molar-refractivity contribution in [3.05, 3.63) is 35.4 Å². The first-order chi connectivity index (χ1) is 9.65. The molecule has 2 N–H and O–H groups in total. The van der Waals surface area contributed by atoms with Crippen LogP contribution in [0.3, 0.4) is 0 Å². The molecule has 0 spiro atoms. The van der Waals surface area contributed by atoms with Gasteiger partial charge in [-0.2, -0.15) is 0 Å². The summed E-state index contributed by atoms with van der Waals surface area (Å²) in [5.74, 6) is -0.306. The third-order valence-corrected chi connectivity index (χ3v) is 3.38. The average molecular weight is 276 g/mol. The molecule has 2 amide bonds. The second kappa shape index (κ2) is 7.05. The van der Waals surface area contributed by atoms with Gasteiger partial charge in [-0.15, -0.1) is 0 Å². The van der Waals surface area contributed by atoms with Crippen molar-refractivity contribution in [1.82, 2.24) is 10.8 Å². The summed E-state index contributed by atoms with van der Waals surface area (Å²) >= 11 is 0. The lowest BCUT2D eigenvalue weighted by atomic mass is 10.1. The van der Waals surface area contributed by atoms with E-state index in [0.29, 0.717) is 12.1 Å². The quantitative estimate of drug-likeness (QED) is 0.807. The lowest BCUT2D eigenvalue weighted by molar-refractivity contribution is -0.119. The summed E-state index contributed by atoms with van der Waals surface area (Å²) in [5, 5.41) is 2.71. The van der Waals surface area contributed by atoms with Gasteiger partial charge in [0.15, 0.2) is 0 Å². The molecule has 1 aliphatic rings. The van der Waals surface area contributed by atoms with E-state index in [-0.39, 0.29) is 17.9 Å². The summed E-state index contributed by atoms with van der Waals surface area (Å²) in [4.78, 5) is 28.1. The highest BCUT2D eigenvalue weighted by Crippen LogP contribution is 2.20. The SMILES string of the molecule is CC(=O)NCc1ccc(C(=O)NOC2CCCC2)cc1. The van der Waals surface area contributed by atoms with Crippen LogP contribution in [0.25, 0.3) is 0 Å². The fraction of sp³-hybridized carbons (Fsp3) is 0.467. The van der Waals surface area contributed by atoms with E-state index in [4.69, 9.17) is 4.84 Å². The summed E-state index contributed by atoms with van der Waals surface area (Å²) < 4.78 is 0. The minimum absolute atomic E-state index is 0.0724. The van der Waals surface area contributed by atoms with Crippen LogP contribution < -0.4 is 10.8 Å². The Morgan fingerprint density at radius 3 is 2.45 bits per heavy atom. The van der Waals surface area contributed by atoms with Crippen LogP contribution >= 0.6 is 0 Å². The standard InChI is InChI=1S/C15H20N2O3/c1-11(18)16-10-12-6-8-13(9-7-12)15(19)17-20-14-4-2-3-5-14/h6-9,14H,2-5,10H2,1H3,(H,16,18)(H,17,19). The van der Waals surface area contributed by atoms with E-state index in [0.717, 1.165) is 18.4 Å². The zero-order valence-corrected chi connectivity index (χ0v) is 11.6. The van der Waals surface area contributed by atoms with Crippen LogP contribution in [0, 0.1) is 0 Å². The zero-order chi connectivity index (χ0) is 14.4. The highest BCUT2D eigenvalue weighted by molar-refractivity contribution is 5.93. The summed E-state index contributed by atoms with van der Waals surface area (Å²) in [6.45, 7) is 1.94. The van der Waals surface area contributed by atoms with Crippen molar-refractivity contribution in [2.24, 2.45) is 0 Å². The van der Waals surface area contributed by atoms with Gasteiger partial charge in [0.1, 0.15) is 0 Å². The number of amides is 2. The molecule has 5 nitrogen and oxygen atoms in total. The number of hydrogen-bond donors (Lipinski definition) is 2. The van der Waals surface area contributed by atoms with E-state index in [1.807, 2.05) is 12.1 Å². The molecule has 1 saturated carbocycles. The number of hydrogen-bond acceptors (Lipinski definition) is 3. The molecule has 1 aliphatic carbocycles. The molecule has 1 aromatic carbocycles. The van der Waals surface area contributed by atoms with Crippen LogP contribution in [0.1, 0.15) is 48.5 Å². The summed E-state index contributed by atoms with van der Waals surface area (Å²) in [7, 11) is 0. The van der Waals surface area contributed by atoms with Crippen molar-refractivity contribution in [3.63, 3.8) is 0 Å². The van der Waals surface area contributed by atoms with Gasteiger partial charge in [-0.1, -0.05) is 25.0 Å². The molecule has 2 rings (SSSR count). The number of nitrogens with one attached hydrogen (secondary N) is 2. The second-order valence-electron chi connectivity index (χ2n) is 5.06. The van der Waals surface area contributed by atoms with Crippen molar-refractivity contribution >= 4 is 11.8 Å². The maximum atomic E-state index is 11.9. The van der Waals surface area contributed by atoms with Crippen LogP contribution in [-0.2, 0) is 16.2 Å². The lowest BCUT2D eigenvalue weighted by Gasteiger charge is -2.11. The van der Waals surface area contributed by atoms with Gasteiger partial charge in [0.05, 0.1) is 6.10 Å². The van der Waals surface area contributed by atoms with Gasteiger partial charge in [-0.25, -0.2) is 5.48 Å². The molecule has 20 heavy (non-hydrogen) atoms. The Morgan fingerprint density at radius 2 is 1.85 bits per heavy atom. The van der Waals surface area contributed by atoms with Gasteiger partial charge in [0, 0.05) is 19.0 Å². The van der Waals surface area contributed by atoms with Gasteiger partial charge >= 0.3 is 0 Å². The molecule has 0 bridgehead atoms. The summed E-state index contributed by atoms with van der Waals surface area (Å²) in [5.41, 5.74) is 4.00. The Bertz CT molecular complexity index is 465. The fourth-order valence-electron chi connectivity index (χ4n) is 2.20. The first kappa shape index (κ1) is 14.5. The molecular formula is C15H20N2O3. The predicted molar refractivity (Wildman–Crippen MR) is 74.8 cm³/mol. The van der Waals surface area contributed by atoms with E-state index >= 15 is 0 Å². The van der Waals surface area contributed by atoms with Crippen LogP contribution in [0.4, 0.5) is 0 Å². The van der Waals surface area contributed by atoms with Crippen LogP contribution in [0.5, 0.6) is 0 Å². The third kappa shape index (κ3) is 4.35. The molecule has 0 heterocycles. The van der Waals surface area contributed by atoms with Crippen molar-refractivity contribution in [1.29, 1.82) is 0 Å². The Hall–Kier alpha value is -1.88. The largest absolute Gasteiger partial charge is 0.352 e. The highest BCUT2D eigenvalue weighted by atomic mass is 16.7. The van der Waals surface area contributed by atoms with E-state index in [1.54, 1.807) is 12.1 Å². The van der Waals surface area contributed by atoms with Crippen LogP contribution in [-0.4, -0.2) is 17.9 Å². The number of hydroxylamine groups is 1. The first-order valence-corrected chi connectivity index (χ1v) is 6.94. The fourth-order valence-corrected chi connectivity index (χ4v) is 2.20. The minimum Gasteiger partial charge on any atom is -0.352 e. The highest BCUT2D eigenvalue weighted by Gasteiger charge is 2.17. The van der Waals surface area contributed by atoms with E-state index < -0.39 is 0 Å². The van der Waals surface area contributed by atoms with Gasteiger partial charge < -0.3 is 5.32 Å². The maximum Gasteiger partial charge on any atom is 0.274 e. The number of carbonyl (C=O) groups excluding carboxylic acids is 2. The smallest absolute Gasteiger partial charge is 0.274 e. The lowest BCUT2D eigenvalue weighted by Crippen LogP contribution is -2.28. The number of carbonyl (C=O) groups is 2. The molecule has 0 aromatic heterocycles. The molecule has 1 fully saturated rings. The van der Waals surface area contributed by atoms with Gasteiger partial charge in [-0.3, -0.25) is 14.4 Å². The van der Waals surface area contributed by atoms with Crippen molar-refractivity contribution in [3.8, 4) is 0 Å². The maximum absolute atomic E-state index is 11.9. The molecule has 5 heteroatoms. The summed E-state index contributed by atoms with van der Waals surface area (Å²) in [6.07, 6.45) is 4.50. The van der Waals surface area contributed by atoms with E-state index in [2.05, 4.69) is 10.8 Å². The predicted octanol–water partition coefficient (Wildman–Crippen LogP) is 1.93. The Labute approximate surface area is 118 Å². The first-order valence-electron chi connectivity index (χ1n) is 6.94. The molecular weight excluding hydrogens is 256 g/mol. The minimum atomic E-state index is -0.233. The van der Waals surface area contributed by atoms with Crippen molar-refractivity contribution in [2.45, 2.75) is 45.3 Å². The molecule has 0 saturated heterocycles. The monoisotopic (exact) mass is 276 g/mol. The topological polar surface area (TPSA) is 67.4 Å². The molecule has 0 atom stereocenters. The van der Waals surface area contributed by atoms with E-state index in [9.17, 15) is 9.59 Å². The van der Waals surface area contributed by atoms with Gasteiger partial charge in [-0.05, 0) is 30.5 Å². The van der Waals surface area contributed by atoms with Crippen LogP contribution in [0.2, 0.25) is 0 Å². The molecule has 0 unspecified atom stereocenters. The normalized spacial score (nSPS) is 15.1. The van der Waals surface area contributed by atoms with Crippen molar-refractivity contribution < 1.29 is 14.4 Å². The van der Waals surface area contributed by atoms with Crippen molar-refractivity contribution in [2.75, 3.05) is 0 Å². The molecule has 0 aliphatic heterocycles. The number of rotatable bonds is 5. The third-order valence-electron chi connectivity index (χ3n) is 3.38.